The van der Waals surface area contributed by atoms with E-state index in [-0.39, 0.29) is 5.91 Å². The fourth-order valence-corrected chi connectivity index (χ4v) is 2.27. The Hall–Kier alpha value is -2.99. The minimum atomic E-state index is -0.617. The van der Waals surface area contributed by atoms with Crippen molar-refractivity contribution in [3.8, 4) is 11.3 Å². The van der Waals surface area contributed by atoms with E-state index >= 15 is 0 Å². The summed E-state index contributed by atoms with van der Waals surface area (Å²) in [5, 5.41) is 9.57. The fourth-order valence-electron chi connectivity index (χ4n) is 2.27. The molecular weight excluding hydrogens is 290 g/mol. The maximum atomic E-state index is 12.2. The first-order valence-electron chi connectivity index (χ1n) is 7.27. The Kier molecular flexibility index (Phi) is 4.44. The Morgan fingerprint density at radius 3 is 2.78 bits per heavy atom. The van der Waals surface area contributed by atoms with Gasteiger partial charge in [-0.15, -0.1) is 0 Å². The number of nitrogens with one attached hydrogen (secondary N) is 2. The number of nitrogens with two attached hydrogens (primary N) is 1. The Morgan fingerprint density at radius 1 is 1.22 bits per heavy atom. The molecule has 3 aromatic rings. The third kappa shape index (κ3) is 3.81. The van der Waals surface area contributed by atoms with Crippen LogP contribution in [0.15, 0.2) is 61.1 Å². The summed E-state index contributed by atoms with van der Waals surface area (Å²) in [6, 6.07) is 12.7. The third-order valence-corrected chi connectivity index (χ3v) is 3.45. The van der Waals surface area contributed by atoms with E-state index < -0.39 is 6.04 Å². The molecule has 1 atom stereocenters. The summed E-state index contributed by atoms with van der Waals surface area (Å²) >= 11 is 0. The van der Waals surface area contributed by atoms with Gasteiger partial charge in [0.2, 0.25) is 5.91 Å². The molecule has 6 heteroatoms. The zero-order valence-corrected chi connectivity index (χ0v) is 12.4. The number of aromatic amines is 1. The highest BCUT2D eigenvalue weighted by Crippen LogP contribution is 2.18. The molecule has 4 N–H and O–H groups in total. The number of nitrogens with zero attached hydrogens (tertiary/aromatic N) is 2. The standard InChI is InChI=1S/C17H17N5O/c18-15(8-12-4-2-1-3-5-12)17(23)21-14-9-13(10-19-11-14)16-6-7-20-22-16/h1-7,9-11,15H,8,18H2,(H,20,22)(H,21,23). The third-order valence-electron chi connectivity index (χ3n) is 3.45. The molecule has 6 nitrogen and oxygen atoms in total. The summed E-state index contributed by atoms with van der Waals surface area (Å²) in [7, 11) is 0. The van der Waals surface area contributed by atoms with Gasteiger partial charge >= 0.3 is 0 Å². The predicted molar refractivity (Wildman–Crippen MR) is 88.6 cm³/mol. The van der Waals surface area contributed by atoms with Crippen molar-refractivity contribution in [2.45, 2.75) is 12.5 Å². The van der Waals surface area contributed by atoms with Gasteiger partial charge in [-0.05, 0) is 24.1 Å². The van der Waals surface area contributed by atoms with Crippen LogP contribution >= 0.6 is 0 Å². The number of hydrogen-bond donors (Lipinski definition) is 3. The van der Waals surface area contributed by atoms with E-state index in [4.69, 9.17) is 5.73 Å². The van der Waals surface area contributed by atoms with Crippen LogP contribution in [-0.4, -0.2) is 27.1 Å². The van der Waals surface area contributed by atoms with Crippen molar-refractivity contribution in [2.24, 2.45) is 5.73 Å². The number of amides is 1. The molecule has 3 rings (SSSR count). The van der Waals surface area contributed by atoms with Crippen molar-refractivity contribution in [1.29, 1.82) is 0 Å². The zero-order chi connectivity index (χ0) is 16.1. The smallest absolute Gasteiger partial charge is 0.241 e. The molecule has 0 fully saturated rings. The van der Waals surface area contributed by atoms with E-state index in [9.17, 15) is 4.79 Å². The first-order valence-corrected chi connectivity index (χ1v) is 7.27. The van der Waals surface area contributed by atoms with Gasteiger partial charge in [-0.1, -0.05) is 30.3 Å². The molecule has 0 aliphatic heterocycles. The number of hydrogen-bond acceptors (Lipinski definition) is 4. The normalized spacial score (nSPS) is 11.9. The molecule has 23 heavy (non-hydrogen) atoms. The van der Waals surface area contributed by atoms with Gasteiger partial charge in [-0.3, -0.25) is 14.9 Å². The molecule has 116 valence electrons. The van der Waals surface area contributed by atoms with Crippen molar-refractivity contribution in [1.82, 2.24) is 15.2 Å². The summed E-state index contributed by atoms with van der Waals surface area (Å²) in [4.78, 5) is 16.4. The van der Waals surface area contributed by atoms with Crippen molar-refractivity contribution < 1.29 is 4.79 Å². The Bertz CT molecular complexity index is 771. The lowest BCUT2D eigenvalue weighted by Crippen LogP contribution is -2.37. The summed E-state index contributed by atoms with van der Waals surface area (Å²) in [5.41, 5.74) is 9.29. The number of rotatable bonds is 5. The monoisotopic (exact) mass is 307 g/mol. The molecule has 0 saturated carbocycles. The minimum absolute atomic E-state index is 0.239. The molecule has 1 amide bonds. The second kappa shape index (κ2) is 6.85. The lowest BCUT2D eigenvalue weighted by atomic mass is 10.1. The van der Waals surface area contributed by atoms with Crippen molar-refractivity contribution >= 4 is 11.6 Å². The van der Waals surface area contributed by atoms with E-state index in [1.807, 2.05) is 42.5 Å². The van der Waals surface area contributed by atoms with Crippen molar-refractivity contribution in [3.63, 3.8) is 0 Å². The molecule has 0 spiro atoms. The largest absolute Gasteiger partial charge is 0.323 e. The molecule has 0 radical (unpaired) electrons. The number of aromatic nitrogens is 3. The Balaban J connectivity index is 1.67. The van der Waals surface area contributed by atoms with E-state index in [1.165, 1.54) is 0 Å². The average molecular weight is 307 g/mol. The number of anilines is 1. The van der Waals surface area contributed by atoms with Crippen LogP contribution < -0.4 is 11.1 Å². The van der Waals surface area contributed by atoms with Gasteiger partial charge in [0.15, 0.2) is 0 Å². The Labute approximate surface area is 133 Å². The van der Waals surface area contributed by atoms with Crippen LogP contribution in [0.3, 0.4) is 0 Å². The summed E-state index contributed by atoms with van der Waals surface area (Å²) in [5.74, 6) is -0.239. The highest BCUT2D eigenvalue weighted by molar-refractivity contribution is 5.95. The second-order valence-electron chi connectivity index (χ2n) is 5.22. The quantitative estimate of drug-likeness (QED) is 0.671. The van der Waals surface area contributed by atoms with Crippen molar-refractivity contribution in [2.75, 3.05) is 5.32 Å². The molecule has 0 saturated heterocycles. The highest BCUT2D eigenvalue weighted by atomic mass is 16.2. The molecular formula is C17H17N5O. The zero-order valence-electron chi connectivity index (χ0n) is 12.4. The van der Waals surface area contributed by atoms with Crippen LogP contribution in [0.4, 0.5) is 5.69 Å². The van der Waals surface area contributed by atoms with Crippen molar-refractivity contribution in [3.05, 3.63) is 66.6 Å². The predicted octanol–water partition coefficient (Wildman–Crippen LogP) is 1.98. The summed E-state index contributed by atoms with van der Waals surface area (Å²) in [6.07, 6.45) is 5.44. The minimum Gasteiger partial charge on any atom is -0.323 e. The average Bonchev–Trinajstić information content (AvgIpc) is 3.10. The summed E-state index contributed by atoms with van der Waals surface area (Å²) in [6.45, 7) is 0. The van der Waals surface area contributed by atoms with Crippen LogP contribution in [-0.2, 0) is 11.2 Å². The van der Waals surface area contributed by atoms with Crippen LogP contribution in [0, 0.1) is 0 Å². The number of carbonyl (C=O) groups excluding carboxylic acids is 1. The van der Waals surface area contributed by atoms with Gasteiger partial charge in [0.25, 0.3) is 0 Å². The van der Waals surface area contributed by atoms with Gasteiger partial charge in [0.1, 0.15) is 0 Å². The second-order valence-corrected chi connectivity index (χ2v) is 5.22. The van der Waals surface area contributed by atoms with E-state index in [1.54, 1.807) is 18.6 Å². The van der Waals surface area contributed by atoms with Crippen LogP contribution in [0.2, 0.25) is 0 Å². The highest BCUT2D eigenvalue weighted by Gasteiger charge is 2.14. The number of pyridine rings is 1. The summed E-state index contributed by atoms with van der Waals surface area (Å²) < 4.78 is 0. The molecule has 2 heterocycles. The molecule has 0 aliphatic carbocycles. The van der Waals surface area contributed by atoms with E-state index in [2.05, 4.69) is 20.5 Å². The maximum Gasteiger partial charge on any atom is 0.241 e. The topological polar surface area (TPSA) is 96.7 Å². The van der Waals surface area contributed by atoms with E-state index in [0.29, 0.717) is 12.1 Å². The van der Waals surface area contributed by atoms with Gasteiger partial charge in [-0.2, -0.15) is 5.10 Å². The van der Waals surface area contributed by atoms with Crippen LogP contribution in [0.5, 0.6) is 0 Å². The number of H-pyrrole nitrogens is 1. The van der Waals surface area contributed by atoms with E-state index in [0.717, 1.165) is 16.8 Å². The molecule has 0 bridgehead atoms. The van der Waals surface area contributed by atoms with Gasteiger partial charge in [0, 0.05) is 18.0 Å². The molecule has 0 aliphatic rings. The van der Waals surface area contributed by atoms with Gasteiger partial charge in [0.05, 0.1) is 23.6 Å². The number of benzene rings is 1. The lowest BCUT2D eigenvalue weighted by molar-refractivity contribution is -0.117. The lowest BCUT2D eigenvalue weighted by Gasteiger charge is -2.12. The van der Waals surface area contributed by atoms with Crippen LogP contribution in [0.1, 0.15) is 5.56 Å². The SMILES string of the molecule is NC(Cc1ccccc1)C(=O)Nc1cncc(-c2ccn[nH]2)c1. The molecule has 1 unspecified atom stereocenters. The van der Waals surface area contributed by atoms with Gasteiger partial charge in [-0.25, -0.2) is 0 Å². The Morgan fingerprint density at radius 2 is 2.04 bits per heavy atom. The van der Waals surface area contributed by atoms with Crippen LogP contribution in [0.25, 0.3) is 11.3 Å². The molecule has 2 aromatic heterocycles. The van der Waals surface area contributed by atoms with Gasteiger partial charge < -0.3 is 11.1 Å². The first-order chi connectivity index (χ1) is 11.2. The fraction of sp³-hybridized carbons (Fsp3) is 0.118. The maximum absolute atomic E-state index is 12.2. The molecule has 1 aromatic carbocycles. The first kappa shape index (κ1) is 14.9. The number of carbonyl (C=O) groups is 1.